The van der Waals surface area contributed by atoms with Gasteiger partial charge in [0.05, 0.1) is 0 Å². The van der Waals surface area contributed by atoms with Crippen LogP contribution in [0.1, 0.15) is 54.9 Å². The summed E-state index contributed by atoms with van der Waals surface area (Å²) in [5, 5.41) is 6.34. The second-order valence-electron chi connectivity index (χ2n) is 7.97. The molecule has 2 aliphatic rings. The van der Waals surface area contributed by atoms with Gasteiger partial charge in [0.1, 0.15) is 0 Å². The third kappa shape index (κ3) is 4.85. The third-order valence-electron chi connectivity index (χ3n) is 5.63. The van der Waals surface area contributed by atoms with Gasteiger partial charge in [-0.1, -0.05) is 6.92 Å². The quantitative estimate of drug-likeness (QED) is 0.851. The van der Waals surface area contributed by atoms with Crippen LogP contribution in [0.2, 0.25) is 0 Å². The number of aryl methyl sites for hydroxylation is 1. The maximum atomic E-state index is 12.7. The van der Waals surface area contributed by atoms with Crippen LogP contribution in [0, 0.1) is 18.8 Å². The van der Waals surface area contributed by atoms with Crippen LogP contribution in [0.4, 0.5) is 5.69 Å². The molecule has 26 heavy (non-hydrogen) atoms. The van der Waals surface area contributed by atoms with E-state index >= 15 is 0 Å². The molecule has 0 aliphatic carbocycles. The molecule has 2 aliphatic heterocycles. The minimum atomic E-state index is 0.0592. The van der Waals surface area contributed by atoms with Gasteiger partial charge in [0.15, 0.2) is 0 Å². The Bertz CT molecular complexity index is 653. The normalized spacial score (nSPS) is 23.1. The lowest BCUT2D eigenvalue weighted by Crippen LogP contribution is -2.39. The van der Waals surface area contributed by atoms with Gasteiger partial charge in [-0.05, 0) is 81.3 Å². The number of benzene rings is 1. The standard InChI is InChI=1S/C21H31N3O2/c1-15-4-3-11-24(14-15)21(26)18-6-7-19(16(2)12-18)23-20(25)8-5-17-9-10-22-13-17/h6-7,12,15,17,22H,3-5,8-11,13-14H2,1-2H3,(H,23,25). The van der Waals surface area contributed by atoms with E-state index in [1.807, 2.05) is 30.0 Å². The highest BCUT2D eigenvalue weighted by atomic mass is 16.2. The van der Waals surface area contributed by atoms with Gasteiger partial charge in [0.2, 0.25) is 5.91 Å². The molecule has 5 nitrogen and oxygen atoms in total. The van der Waals surface area contributed by atoms with Crippen molar-refractivity contribution in [1.29, 1.82) is 0 Å². The molecule has 2 saturated heterocycles. The van der Waals surface area contributed by atoms with E-state index in [4.69, 9.17) is 0 Å². The van der Waals surface area contributed by atoms with E-state index in [9.17, 15) is 9.59 Å². The zero-order valence-corrected chi connectivity index (χ0v) is 16.0. The molecule has 0 aromatic heterocycles. The van der Waals surface area contributed by atoms with Crippen molar-refractivity contribution in [3.05, 3.63) is 29.3 Å². The number of likely N-dealkylation sites (tertiary alicyclic amines) is 1. The first kappa shape index (κ1) is 18.9. The number of hydrogen-bond donors (Lipinski definition) is 2. The number of rotatable bonds is 5. The Kier molecular flexibility index (Phi) is 6.30. The highest BCUT2D eigenvalue weighted by Gasteiger charge is 2.22. The highest BCUT2D eigenvalue weighted by molar-refractivity contribution is 5.96. The molecule has 3 rings (SSSR count). The van der Waals surface area contributed by atoms with Crippen LogP contribution >= 0.6 is 0 Å². The molecule has 2 amide bonds. The molecule has 2 fully saturated rings. The summed E-state index contributed by atoms with van der Waals surface area (Å²) in [6, 6.07) is 5.61. The number of amides is 2. The summed E-state index contributed by atoms with van der Waals surface area (Å²) < 4.78 is 0. The number of nitrogens with zero attached hydrogens (tertiary/aromatic N) is 1. The monoisotopic (exact) mass is 357 g/mol. The lowest BCUT2D eigenvalue weighted by Gasteiger charge is -2.31. The van der Waals surface area contributed by atoms with E-state index in [1.165, 1.54) is 6.42 Å². The Labute approximate surface area is 156 Å². The number of hydrogen-bond acceptors (Lipinski definition) is 3. The second kappa shape index (κ2) is 8.67. The summed E-state index contributed by atoms with van der Waals surface area (Å²) in [5.74, 6) is 1.35. The van der Waals surface area contributed by atoms with Gasteiger partial charge < -0.3 is 15.5 Å². The smallest absolute Gasteiger partial charge is 0.253 e. The fourth-order valence-corrected chi connectivity index (χ4v) is 4.00. The lowest BCUT2D eigenvalue weighted by molar-refractivity contribution is -0.116. The van der Waals surface area contributed by atoms with Crippen molar-refractivity contribution in [2.75, 3.05) is 31.5 Å². The molecule has 2 atom stereocenters. The Morgan fingerprint density at radius 2 is 2.15 bits per heavy atom. The summed E-state index contributed by atoms with van der Waals surface area (Å²) >= 11 is 0. The van der Waals surface area contributed by atoms with E-state index in [1.54, 1.807) is 0 Å². The fourth-order valence-electron chi connectivity index (χ4n) is 4.00. The number of nitrogens with one attached hydrogen (secondary N) is 2. The minimum Gasteiger partial charge on any atom is -0.338 e. The minimum absolute atomic E-state index is 0.0592. The van der Waals surface area contributed by atoms with Crippen LogP contribution in [0.15, 0.2) is 18.2 Å². The molecule has 2 heterocycles. The van der Waals surface area contributed by atoms with Crippen molar-refractivity contribution in [3.8, 4) is 0 Å². The van der Waals surface area contributed by atoms with Crippen LogP contribution < -0.4 is 10.6 Å². The number of carbonyl (C=O) groups excluding carboxylic acids is 2. The molecule has 0 saturated carbocycles. The molecule has 0 spiro atoms. The van der Waals surface area contributed by atoms with Crippen molar-refractivity contribution in [2.45, 2.75) is 46.0 Å². The molecule has 5 heteroatoms. The van der Waals surface area contributed by atoms with E-state index in [0.717, 1.165) is 56.7 Å². The third-order valence-corrected chi connectivity index (χ3v) is 5.63. The SMILES string of the molecule is Cc1cc(C(=O)N2CCCC(C)C2)ccc1NC(=O)CCC1CCNC1. The van der Waals surface area contributed by atoms with Crippen molar-refractivity contribution < 1.29 is 9.59 Å². The maximum Gasteiger partial charge on any atom is 0.253 e. The maximum absolute atomic E-state index is 12.7. The van der Waals surface area contributed by atoms with Crippen LogP contribution in [0.3, 0.4) is 0 Å². The first-order chi connectivity index (χ1) is 12.5. The molecule has 142 valence electrons. The Balaban J connectivity index is 1.56. The molecular weight excluding hydrogens is 326 g/mol. The van der Waals surface area contributed by atoms with Crippen molar-refractivity contribution in [2.24, 2.45) is 11.8 Å². The van der Waals surface area contributed by atoms with Gasteiger partial charge in [-0.3, -0.25) is 9.59 Å². The van der Waals surface area contributed by atoms with Crippen LogP contribution in [0.5, 0.6) is 0 Å². The molecule has 1 aromatic rings. The molecule has 0 bridgehead atoms. The summed E-state index contributed by atoms with van der Waals surface area (Å²) in [7, 11) is 0. The predicted octanol–water partition coefficient (Wildman–Crippen LogP) is 3.20. The predicted molar refractivity (Wildman–Crippen MR) is 104 cm³/mol. The van der Waals surface area contributed by atoms with Crippen molar-refractivity contribution >= 4 is 17.5 Å². The summed E-state index contributed by atoms with van der Waals surface area (Å²) in [5.41, 5.74) is 2.46. The Morgan fingerprint density at radius 1 is 1.31 bits per heavy atom. The van der Waals surface area contributed by atoms with Crippen molar-refractivity contribution in [1.82, 2.24) is 10.2 Å². The van der Waals surface area contributed by atoms with Gasteiger partial charge in [-0.25, -0.2) is 0 Å². The molecule has 2 N–H and O–H groups in total. The van der Waals surface area contributed by atoms with Gasteiger partial charge in [-0.15, -0.1) is 0 Å². The zero-order chi connectivity index (χ0) is 18.5. The first-order valence-corrected chi connectivity index (χ1v) is 9.93. The number of piperidine rings is 1. The van der Waals surface area contributed by atoms with Crippen LogP contribution in [0.25, 0.3) is 0 Å². The van der Waals surface area contributed by atoms with Crippen LogP contribution in [-0.2, 0) is 4.79 Å². The molecular formula is C21H31N3O2. The zero-order valence-electron chi connectivity index (χ0n) is 16.0. The molecule has 1 aromatic carbocycles. The average Bonchev–Trinajstić information content (AvgIpc) is 3.14. The Hall–Kier alpha value is -1.88. The lowest BCUT2D eigenvalue weighted by atomic mass is 9.99. The van der Waals surface area contributed by atoms with Gasteiger partial charge >= 0.3 is 0 Å². The topological polar surface area (TPSA) is 61.4 Å². The van der Waals surface area contributed by atoms with Gasteiger partial charge in [0, 0.05) is 30.8 Å². The van der Waals surface area contributed by atoms with E-state index < -0.39 is 0 Å². The average molecular weight is 357 g/mol. The van der Waals surface area contributed by atoms with Gasteiger partial charge in [-0.2, -0.15) is 0 Å². The molecule has 0 radical (unpaired) electrons. The summed E-state index contributed by atoms with van der Waals surface area (Å²) in [6.45, 7) is 7.93. The van der Waals surface area contributed by atoms with E-state index in [0.29, 0.717) is 23.8 Å². The molecule has 2 unspecified atom stereocenters. The highest BCUT2D eigenvalue weighted by Crippen LogP contribution is 2.22. The number of carbonyl (C=O) groups is 2. The summed E-state index contributed by atoms with van der Waals surface area (Å²) in [4.78, 5) is 26.9. The van der Waals surface area contributed by atoms with E-state index in [2.05, 4.69) is 17.6 Å². The van der Waals surface area contributed by atoms with Crippen molar-refractivity contribution in [3.63, 3.8) is 0 Å². The van der Waals surface area contributed by atoms with Gasteiger partial charge in [0.25, 0.3) is 5.91 Å². The van der Waals surface area contributed by atoms with Crippen LogP contribution in [-0.4, -0.2) is 42.9 Å². The first-order valence-electron chi connectivity index (χ1n) is 9.93. The van der Waals surface area contributed by atoms with E-state index in [-0.39, 0.29) is 11.8 Å². The Morgan fingerprint density at radius 3 is 2.85 bits per heavy atom. The number of anilines is 1. The second-order valence-corrected chi connectivity index (χ2v) is 7.97. The fraction of sp³-hybridized carbons (Fsp3) is 0.619. The largest absolute Gasteiger partial charge is 0.338 e. The summed E-state index contributed by atoms with van der Waals surface area (Å²) in [6.07, 6.45) is 4.93.